The summed E-state index contributed by atoms with van der Waals surface area (Å²) in [6.07, 6.45) is -0.607. The van der Waals surface area contributed by atoms with Gasteiger partial charge in [-0.05, 0) is 31.2 Å². The van der Waals surface area contributed by atoms with Crippen molar-refractivity contribution in [2.75, 3.05) is 14.2 Å². The molecule has 2 rings (SSSR count). The Bertz CT molecular complexity index is 1030. The van der Waals surface area contributed by atoms with Crippen molar-refractivity contribution < 1.29 is 99.8 Å². The maximum Gasteiger partial charge on any atom is 1.00 e. The van der Waals surface area contributed by atoms with Gasteiger partial charge in [-0.25, -0.2) is 9.59 Å². The summed E-state index contributed by atoms with van der Waals surface area (Å²) >= 11 is 0. The third-order valence-electron chi connectivity index (χ3n) is 3.69. The summed E-state index contributed by atoms with van der Waals surface area (Å²) in [5.41, 5.74) is 0.391. The number of carbonyl (C=O) groups is 6. The van der Waals surface area contributed by atoms with Gasteiger partial charge in [-0.15, -0.1) is 0 Å². The van der Waals surface area contributed by atoms with Gasteiger partial charge in [0.05, 0.1) is 31.8 Å². The molecular formula is C24H27KO10. The predicted octanol–water partition coefficient (Wildman–Crippen LogP) is -0.495. The van der Waals surface area contributed by atoms with Crippen molar-refractivity contribution in [1.82, 2.24) is 0 Å². The molecule has 0 bridgehead atoms. The summed E-state index contributed by atoms with van der Waals surface area (Å²) in [4.78, 5) is 63.9. The van der Waals surface area contributed by atoms with Crippen LogP contribution >= 0.6 is 0 Å². The number of ether oxygens (including phenoxy) is 2. The molecule has 0 atom stereocenters. The van der Waals surface area contributed by atoms with Gasteiger partial charge in [0.2, 0.25) is 11.6 Å². The predicted molar refractivity (Wildman–Crippen MR) is 121 cm³/mol. The Balaban J connectivity index is -0.000000466. The van der Waals surface area contributed by atoms with E-state index in [1.807, 2.05) is 0 Å². The molecule has 0 spiro atoms. The van der Waals surface area contributed by atoms with E-state index in [4.69, 9.17) is 5.11 Å². The summed E-state index contributed by atoms with van der Waals surface area (Å²) < 4.78 is 8.20. The molecule has 0 saturated heterocycles. The van der Waals surface area contributed by atoms with Gasteiger partial charge in [-0.3, -0.25) is 19.2 Å². The maximum absolute atomic E-state index is 11.5. The molecule has 0 unspecified atom stereocenters. The average molecular weight is 515 g/mol. The van der Waals surface area contributed by atoms with Crippen LogP contribution in [0.25, 0.3) is 0 Å². The minimum atomic E-state index is -1.07. The number of Topliss-reactive ketones (excluding diaryl/α,β-unsaturated/α-hetero) is 4. The van der Waals surface area contributed by atoms with Crippen LogP contribution in [0.1, 0.15) is 41.0 Å². The van der Waals surface area contributed by atoms with Gasteiger partial charge in [0.25, 0.3) is 0 Å². The van der Waals surface area contributed by atoms with Crippen molar-refractivity contribution in [3.63, 3.8) is 0 Å². The standard InChI is InChI=1S/C11H10O5.C8H8O2.C4H6O3.CH3.K/c1-16-11(15)10(14)6-9(13)7-4-2-3-5-8(7)12;1-6(9)7-4-2-3-5-8(7)10;1-3(5)4(6)7-2;;/h2-5,12H,6H2,1H3;2-5,10H,1H3;1-2H3;1H3;/q;;;-1;+1. The minimum Gasteiger partial charge on any atom is -0.507 e. The van der Waals surface area contributed by atoms with Crippen molar-refractivity contribution in [3.8, 4) is 11.5 Å². The number of hydrogen-bond acceptors (Lipinski definition) is 10. The molecule has 2 aromatic rings. The molecule has 0 aromatic heterocycles. The second-order valence-corrected chi connectivity index (χ2v) is 6.15. The molecule has 35 heavy (non-hydrogen) atoms. The number of rotatable bonds is 6. The second-order valence-electron chi connectivity index (χ2n) is 6.15. The van der Waals surface area contributed by atoms with Crippen LogP contribution in [0.5, 0.6) is 11.5 Å². The van der Waals surface area contributed by atoms with E-state index in [2.05, 4.69) is 9.47 Å². The summed E-state index contributed by atoms with van der Waals surface area (Å²) in [6, 6.07) is 12.3. The number of carbonyl (C=O) groups excluding carboxylic acids is 6. The summed E-state index contributed by atoms with van der Waals surface area (Å²) in [7, 11) is 2.23. The van der Waals surface area contributed by atoms with Gasteiger partial charge in [0, 0.05) is 6.92 Å². The Morgan fingerprint density at radius 2 is 1.11 bits per heavy atom. The number of para-hydroxylation sites is 2. The average Bonchev–Trinajstić information content (AvgIpc) is 2.78. The number of phenols is 2. The summed E-state index contributed by atoms with van der Waals surface area (Å²) in [5, 5.41) is 18.4. The van der Waals surface area contributed by atoms with Crippen molar-refractivity contribution >= 4 is 35.1 Å². The molecule has 0 radical (unpaired) electrons. The normalized spacial score (nSPS) is 8.57. The number of benzene rings is 2. The zero-order valence-electron chi connectivity index (χ0n) is 20.5. The number of methoxy groups -OCH3 is 2. The number of aromatic hydroxyl groups is 2. The Kier molecular flexibility index (Phi) is 20.6. The first-order valence-corrected chi connectivity index (χ1v) is 9.26. The fourth-order valence-electron chi connectivity index (χ4n) is 2.05. The van der Waals surface area contributed by atoms with E-state index < -0.39 is 35.7 Å². The third kappa shape index (κ3) is 14.3. The number of hydrogen-bond donors (Lipinski definition) is 2. The van der Waals surface area contributed by atoms with Crippen LogP contribution in [0.3, 0.4) is 0 Å². The van der Waals surface area contributed by atoms with E-state index in [0.29, 0.717) is 5.56 Å². The largest absolute Gasteiger partial charge is 1.00 e. The van der Waals surface area contributed by atoms with Gasteiger partial charge in [0.15, 0.2) is 11.6 Å². The molecule has 2 aromatic carbocycles. The van der Waals surface area contributed by atoms with Crippen molar-refractivity contribution in [1.29, 1.82) is 0 Å². The fraction of sp³-hybridized carbons (Fsp3) is 0.208. The van der Waals surface area contributed by atoms with Crippen LogP contribution < -0.4 is 51.4 Å². The smallest absolute Gasteiger partial charge is 0.507 e. The molecule has 0 aliphatic rings. The zero-order chi connectivity index (χ0) is 25.6. The van der Waals surface area contributed by atoms with Crippen molar-refractivity contribution in [2.45, 2.75) is 20.3 Å². The Hall–Kier alpha value is -2.70. The molecule has 0 heterocycles. The first kappa shape index (κ1) is 36.9. The first-order valence-electron chi connectivity index (χ1n) is 9.26. The molecule has 0 fully saturated rings. The van der Waals surface area contributed by atoms with E-state index in [-0.39, 0.29) is 81.7 Å². The van der Waals surface area contributed by atoms with Gasteiger partial charge >= 0.3 is 63.3 Å². The number of ketones is 4. The number of phenolic OH excluding ortho intramolecular Hbond substituents is 2. The molecule has 184 valence electrons. The van der Waals surface area contributed by atoms with E-state index >= 15 is 0 Å². The van der Waals surface area contributed by atoms with E-state index in [9.17, 15) is 33.9 Å². The molecule has 2 N–H and O–H groups in total. The molecule has 0 saturated carbocycles. The van der Waals surface area contributed by atoms with Crippen LogP contribution in [0.4, 0.5) is 0 Å². The zero-order valence-corrected chi connectivity index (χ0v) is 23.6. The fourth-order valence-corrected chi connectivity index (χ4v) is 2.05. The van der Waals surface area contributed by atoms with E-state index in [0.717, 1.165) is 14.0 Å². The van der Waals surface area contributed by atoms with Crippen molar-refractivity contribution in [2.24, 2.45) is 0 Å². The summed E-state index contributed by atoms with van der Waals surface area (Å²) in [6.45, 7) is 2.58. The van der Waals surface area contributed by atoms with Crippen LogP contribution in [-0.4, -0.2) is 59.5 Å². The molecule has 0 amide bonds. The third-order valence-corrected chi connectivity index (χ3v) is 3.69. The second kappa shape index (κ2) is 19.6. The van der Waals surface area contributed by atoms with Gasteiger partial charge in [0.1, 0.15) is 11.5 Å². The Morgan fingerprint density at radius 1 is 0.714 bits per heavy atom. The summed E-state index contributed by atoms with van der Waals surface area (Å²) in [5.74, 6) is -4.26. The Labute approximate surface area is 246 Å². The minimum absolute atomic E-state index is 0. The van der Waals surface area contributed by atoms with Gasteiger partial charge < -0.3 is 27.1 Å². The maximum atomic E-state index is 11.5. The molecule has 0 aliphatic carbocycles. The number of esters is 2. The Morgan fingerprint density at radius 3 is 1.40 bits per heavy atom. The molecule has 11 heteroatoms. The monoisotopic (exact) mass is 514 g/mol. The van der Waals surface area contributed by atoms with Crippen LogP contribution in [0.2, 0.25) is 0 Å². The van der Waals surface area contributed by atoms with Gasteiger partial charge in [-0.2, -0.15) is 0 Å². The quantitative estimate of drug-likeness (QED) is 0.128. The van der Waals surface area contributed by atoms with Crippen LogP contribution in [-0.2, 0) is 28.7 Å². The topological polar surface area (TPSA) is 161 Å². The van der Waals surface area contributed by atoms with E-state index in [1.54, 1.807) is 30.3 Å². The van der Waals surface area contributed by atoms with Gasteiger partial charge in [-0.1, -0.05) is 24.3 Å². The SMILES string of the molecule is CC(=O)c1ccccc1O.COC(=O)C(=O)CC(=O)c1ccccc1O.COC(=O)C(C)=O.[CH3-].[K+]. The van der Waals surface area contributed by atoms with Crippen molar-refractivity contribution in [3.05, 3.63) is 67.1 Å². The molecule has 0 aliphatic heterocycles. The van der Waals surface area contributed by atoms with Crippen LogP contribution in [0.15, 0.2) is 48.5 Å². The molecular weight excluding hydrogens is 487 g/mol. The first-order chi connectivity index (χ1) is 15.5. The van der Waals surface area contributed by atoms with Crippen LogP contribution in [0, 0.1) is 7.43 Å². The molecule has 10 nitrogen and oxygen atoms in total. The van der Waals surface area contributed by atoms with E-state index in [1.165, 1.54) is 32.2 Å².